The lowest BCUT2D eigenvalue weighted by atomic mass is 9.85. The second-order valence-electron chi connectivity index (χ2n) is 7.58. The van der Waals surface area contributed by atoms with Crippen LogP contribution in [0.2, 0.25) is 0 Å². The molecule has 31 heavy (non-hydrogen) atoms. The van der Waals surface area contributed by atoms with Crippen molar-refractivity contribution in [1.29, 1.82) is 5.41 Å². The highest BCUT2D eigenvalue weighted by atomic mass is 16.5. The molecule has 160 valence electrons. The normalized spacial score (nSPS) is 14.9. The number of benzene rings is 1. The number of amidine groups is 1. The lowest BCUT2D eigenvalue weighted by molar-refractivity contribution is 0.203. The molecule has 8 heteroatoms. The first-order valence-electron chi connectivity index (χ1n) is 10.3. The monoisotopic (exact) mass is 417 g/mol. The fraction of sp³-hybridized carbons (Fsp3) is 0.304. The van der Waals surface area contributed by atoms with Gasteiger partial charge in [-0.15, -0.1) is 0 Å². The molecule has 1 atom stereocenters. The summed E-state index contributed by atoms with van der Waals surface area (Å²) in [5, 5.41) is 19.0. The summed E-state index contributed by atoms with van der Waals surface area (Å²) < 4.78 is 6.92. The van der Waals surface area contributed by atoms with E-state index >= 15 is 0 Å². The molecule has 2 heterocycles. The van der Waals surface area contributed by atoms with Gasteiger partial charge in [0.05, 0.1) is 23.7 Å². The minimum atomic E-state index is 0.198. The number of nitrogens with one attached hydrogen (secondary N) is 3. The van der Waals surface area contributed by atoms with Crippen LogP contribution in [0.1, 0.15) is 24.1 Å². The number of aryl methyl sites for hydroxylation is 1. The fourth-order valence-electron chi connectivity index (χ4n) is 3.86. The molecule has 0 saturated carbocycles. The van der Waals surface area contributed by atoms with Gasteiger partial charge >= 0.3 is 0 Å². The molecule has 8 nitrogen and oxygen atoms in total. The Hall–Kier alpha value is -3.52. The quantitative estimate of drug-likeness (QED) is 0.310. The van der Waals surface area contributed by atoms with E-state index in [0.717, 1.165) is 40.2 Å². The van der Waals surface area contributed by atoms with E-state index in [9.17, 15) is 0 Å². The van der Waals surface area contributed by atoms with E-state index in [-0.39, 0.29) is 11.8 Å². The van der Waals surface area contributed by atoms with Gasteiger partial charge in [0.2, 0.25) is 5.95 Å². The minimum absolute atomic E-state index is 0.198. The van der Waals surface area contributed by atoms with E-state index in [0.29, 0.717) is 19.1 Å². The molecule has 0 bridgehead atoms. The van der Waals surface area contributed by atoms with Crippen molar-refractivity contribution >= 4 is 11.8 Å². The molecule has 0 fully saturated rings. The van der Waals surface area contributed by atoms with Gasteiger partial charge in [-0.05, 0) is 18.4 Å². The van der Waals surface area contributed by atoms with Gasteiger partial charge in [0.15, 0.2) is 0 Å². The number of methoxy groups -OCH3 is 1. The zero-order valence-corrected chi connectivity index (χ0v) is 18.0. The third-order valence-corrected chi connectivity index (χ3v) is 5.32. The van der Waals surface area contributed by atoms with Crippen molar-refractivity contribution in [3.05, 3.63) is 60.1 Å². The van der Waals surface area contributed by atoms with Crippen molar-refractivity contribution < 1.29 is 4.74 Å². The lowest BCUT2D eigenvalue weighted by Crippen LogP contribution is -2.16. The minimum Gasteiger partial charge on any atom is -0.388 e. The van der Waals surface area contributed by atoms with Crippen LogP contribution in [0.4, 0.5) is 5.95 Å². The summed E-state index contributed by atoms with van der Waals surface area (Å²) in [5.74, 6) is 0.871. The Morgan fingerprint density at radius 3 is 2.90 bits per heavy atom. The van der Waals surface area contributed by atoms with E-state index in [4.69, 9.17) is 20.2 Å². The maximum absolute atomic E-state index is 8.15. The average Bonchev–Trinajstić information content (AvgIpc) is 3.10. The first-order chi connectivity index (χ1) is 15.1. The van der Waals surface area contributed by atoms with Crippen molar-refractivity contribution in [2.75, 3.05) is 25.6 Å². The fourth-order valence-corrected chi connectivity index (χ4v) is 3.86. The van der Waals surface area contributed by atoms with Gasteiger partial charge in [-0.1, -0.05) is 37.3 Å². The lowest BCUT2D eigenvalue weighted by Gasteiger charge is -2.22. The summed E-state index contributed by atoms with van der Waals surface area (Å²) in [7, 11) is 3.63. The molecule has 1 aromatic carbocycles. The predicted molar refractivity (Wildman–Crippen MR) is 122 cm³/mol. The van der Waals surface area contributed by atoms with Crippen LogP contribution in [-0.4, -0.2) is 45.8 Å². The Morgan fingerprint density at radius 1 is 1.32 bits per heavy atom. The average molecular weight is 418 g/mol. The largest absolute Gasteiger partial charge is 0.388 e. The van der Waals surface area contributed by atoms with Crippen LogP contribution in [0.3, 0.4) is 0 Å². The van der Waals surface area contributed by atoms with Crippen LogP contribution >= 0.6 is 0 Å². The van der Waals surface area contributed by atoms with Crippen molar-refractivity contribution in [1.82, 2.24) is 25.1 Å². The Balaban J connectivity index is 1.65. The van der Waals surface area contributed by atoms with Crippen LogP contribution < -0.4 is 10.6 Å². The summed E-state index contributed by atoms with van der Waals surface area (Å²) in [4.78, 5) is 9.27. The zero-order valence-electron chi connectivity index (χ0n) is 18.0. The van der Waals surface area contributed by atoms with Crippen molar-refractivity contribution in [2.24, 2.45) is 7.05 Å². The maximum Gasteiger partial charge on any atom is 0.228 e. The Kier molecular flexibility index (Phi) is 6.08. The molecule has 3 N–H and O–H groups in total. The molecule has 1 aliphatic carbocycles. The van der Waals surface area contributed by atoms with E-state index < -0.39 is 0 Å². The number of rotatable bonds is 7. The number of hydrogen-bond donors (Lipinski definition) is 3. The smallest absolute Gasteiger partial charge is 0.228 e. The van der Waals surface area contributed by atoms with Gasteiger partial charge in [0.1, 0.15) is 5.84 Å². The number of anilines is 1. The number of nitrogens with zero attached hydrogens (tertiary/aromatic N) is 4. The van der Waals surface area contributed by atoms with Crippen molar-refractivity contribution in [3.8, 4) is 22.5 Å². The molecule has 2 aromatic heterocycles. The summed E-state index contributed by atoms with van der Waals surface area (Å²) in [6.45, 7) is 3.46. The Bertz CT molecular complexity index is 1100. The molecule has 0 unspecified atom stereocenters. The number of hydrogen-bond acceptors (Lipinski definition) is 6. The Labute approximate surface area is 181 Å². The SMILES string of the molecule is COCCN/C=C\C(=N)Nc1ncc2c(n1)-c1c(nn(C)c1-c1ccccc1)C[C@@H]2C. The summed E-state index contributed by atoms with van der Waals surface area (Å²) in [6.07, 6.45) is 6.06. The zero-order chi connectivity index (χ0) is 21.8. The van der Waals surface area contributed by atoms with Crippen LogP contribution in [-0.2, 0) is 18.2 Å². The molecular weight excluding hydrogens is 390 g/mol. The molecular formula is C23H27N7O. The van der Waals surface area contributed by atoms with Crippen LogP contribution in [0.15, 0.2) is 48.8 Å². The Morgan fingerprint density at radius 2 is 2.13 bits per heavy atom. The molecule has 0 amide bonds. The molecule has 0 spiro atoms. The second-order valence-corrected chi connectivity index (χ2v) is 7.58. The number of fused-ring (bicyclic) bond motifs is 3. The van der Waals surface area contributed by atoms with Gasteiger partial charge in [-0.2, -0.15) is 5.10 Å². The molecule has 0 radical (unpaired) electrons. The first-order valence-corrected chi connectivity index (χ1v) is 10.3. The first kappa shape index (κ1) is 20.7. The summed E-state index contributed by atoms with van der Waals surface area (Å²) in [6, 6.07) is 10.2. The van der Waals surface area contributed by atoms with Gasteiger partial charge in [0.25, 0.3) is 0 Å². The molecule has 4 rings (SSSR count). The molecule has 3 aromatic rings. The van der Waals surface area contributed by atoms with Gasteiger partial charge in [0, 0.05) is 49.8 Å². The van der Waals surface area contributed by atoms with Crippen LogP contribution in [0.5, 0.6) is 0 Å². The summed E-state index contributed by atoms with van der Waals surface area (Å²) >= 11 is 0. The third-order valence-electron chi connectivity index (χ3n) is 5.32. The maximum atomic E-state index is 8.15. The van der Waals surface area contributed by atoms with Crippen molar-refractivity contribution in [3.63, 3.8) is 0 Å². The predicted octanol–water partition coefficient (Wildman–Crippen LogP) is 3.34. The number of aromatic nitrogens is 4. The standard InChI is InChI=1S/C23H27N7O/c1-15-13-18-20(22(30(2)29-18)16-7-5-4-6-8-16)21-17(15)14-26-23(28-21)27-19(24)9-10-25-11-12-31-3/h4-10,14-15,25H,11-13H2,1-3H3,(H2,24,26,27,28)/b10-9-/t15-/m0/s1. The third kappa shape index (κ3) is 4.34. The highest BCUT2D eigenvalue weighted by Gasteiger charge is 2.30. The van der Waals surface area contributed by atoms with E-state index in [2.05, 4.69) is 34.7 Å². The summed E-state index contributed by atoms with van der Waals surface area (Å²) in [5.41, 5.74) is 6.23. The second kappa shape index (κ2) is 9.09. The molecule has 1 aliphatic rings. The van der Waals surface area contributed by atoms with Gasteiger partial charge < -0.3 is 15.4 Å². The van der Waals surface area contributed by atoms with Crippen molar-refractivity contribution in [2.45, 2.75) is 19.3 Å². The van der Waals surface area contributed by atoms with Gasteiger partial charge in [-0.3, -0.25) is 10.1 Å². The van der Waals surface area contributed by atoms with Gasteiger partial charge in [-0.25, -0.2) is 9.97 Å². The molecule has 0 saturated heterocycles. The van der Waals surface area contributed by atoms with E-state index in [1.165, 1.54) is 0 Å². The highest BCUT2D eigenvalue weighted by Crippen LogP contribution is 2.43. The van der Waals surface area contributed by atoms with Crippen LogP contribution in [0, 0.1) is 5.41 Å². The molecule has 0 aliphatic heterocycles. The van der Waals surface area contributed by atoms with E-state index in [1.807, 2.05) is 36.1 Å². The van der Waals surface area contributed by atoms with E-state index in [1.54, 1.807) is 19.4 Å². The number of ether oxygens (including phenoxy) is 1. The highest BCUT2D eigenvalue weighted by molar-refractivity contribution is 6.00. The van der Waals surface area contributed by atoms with Crippen LogP contribution in [0.25, 0.3) is 22.5 Å². The topological polar surface area (TPSA) is 101 Å².